The molecule has 0 bridgehead atoms. The van der Waals surface area contributed by atoms with Crippen LogP contribution in [0.4, 0.5) is 0 Å². The van der Waals surface area contributed by atoms with E-state index < -0.39 is 0 Å². The highest BCUT2D eigenvalue weighted by Gasteiger charge is 2.49. The Morgan fingerprint density at radius 1 is 1.24 bits per heavy atom. The first-order valence-electron chi connectivity index (χ1n) is 10.1. The normalized spacial score (nSPS) is 28.2. The summed E-state index contributed by atoms with van der Waals surface area (Å²) in [6.07, 6.45) is 6.31. The highest BCUT2D eigenvalue weighted by Crippen LogP contribution is 2.56. The van der Waals surface area contributed by atoms with Crippen LogP contribution >= 0.6 is 0 Å². The summed E-state index contributed by atoms with van der Waals surface area (Å²) >= 11 is 0. The first-order chi connectivity index (χ1) is 11.9. The van der Waals surface area contributed by atoms with Crippen molar-refractivity contribution < 1.29 is 14.9 Å². The summed E-state index contributed by atoms with van der Waals surface area (Å²) in [7, 11) is 1.68. The van der Waals surface area contributed by atoms with E-state index in [1.54, 1.807) is 7.11 Å². The number of rotatable bonds is 8. The summed E-state index contributed by atoms with van der Waals surface area (Å²) in [5.74, 6) is 4.50. The lowest BCUT2D eigenvalue weighted by molar-refractivity contribution is 0.114. The molecule has 5 nitrogen and oxygen atoms in total. The van der Waals surface area contributed by atoms with Crippen LogP contribution in [0.5, 0.6) is 0 Å². The van der Waals surface area contributed by atoms with Gasteiger partial charge in [0, 0.05) is 13.7 Å². The topological polar surface area (TPSA) is 87.7 Å². The Bertz CT molecular complexity index is 301. The number of nitrogens with two attached hydrogens (primary N) is 1. The Kier molecular flexibility index (Phi) is 14.8. The summed E-state index contributed by atoms with van der Waals surface area (Å²) in [6.45, 7) is 11.4. The summed E-state index contributed by atoms with van der Waals surface area (Å²) in [4.78, 5) is 0. The monoisotopic (exact) mass is 360 g/mol. The average Bonchev–Trinajstić information content (AvgIpc) is 3.24. The quantitative estimate of drug-likeness (QED) is 0.395. The van der Waals surface area contributed by atoms with Crippen molar-refractivity contribution in [2.75, 3.05) is 33.5 Å². The smallest absolute Gasteiger partial charge is 0.0906 e. The third kappa shape index (κ3) is 11.2. The molecule has 0 saturated heterocycles. The fourth-order valence-electron chi connectivity index (χ4n) is 3.70. The summed E-state index contributed by atoms with van der Waals surface area (Å²) in [5.41, 5.74) is 4.40. The van der Waals surface area contributed by atoms with Gasteiger partial charge in [-0.2, -0.15) is 0 Å². The zero-order valence-corrected chi connectivity index (χ0v) is 17.2. The molecule has 5 heteroatoms. The highest BCUT2D eigenvalue weighted by molar-refractivity contribution is 4.98. The molecule has 2 aliphatic rings. The minimum absolute atomic E-state index is 0.116. The zero-order valence-electron chi connectivity index (χ0n) is 17.2. The molecule has 0 spiro atoms. The largest absolute Gasteiger partial charge is 0.393 e. The maximum absolute atomic E-state index is 9.72. The van der Waals surface area contributed by atoms with Gasteiger partial charge in [-0.05, 0) is 81.7 Å². The first kappa shape index (κ1) is 24.8. The Labute approximate surface area is 155 Å². The van der Waals surface area contributed by atoms with Gasteiger partial charge in [-0.3, -0.25) is 0 Å². The van der Waals surface area contributed by atoms with E-state index in [2.05, 4.69) is 36.6 Å². The second kappa shape index (κ2) is 14.9. The molecule has 0 aromatic heterocycles. The highest BCUT2D eigenvalue weighted by atomic mass is 16.5. The molecule has 2 aliphatic carbocycles. The van der Waals surface area contributed by atoms with Crippen LogP contribution in [0.25, 0.3) is 0 Å². The number of aliphatic hydroxyl groups excluding tert-OH is 2. The molecule has 2 rings (SSSR count). The summed E-state index contributed by atoms with van der Waals surface area (Å²) in [6, 6.07) is 0. The lowest BCUT2D eigenvalue weighted by Gasteiger charge is -2.21. The van der Waals surface area contributed by atoms with Crippen LogP contribution in [0.2, 0.25) is 0 Å². The molecule has 5 N–H and O–H groups in total. The van der Waals surface area contributed by atoms with Gasteiger partial charge < -0.3 is 26.0 Å². The van der Waals surface area contributed by atoms with E-state index in [0.29, 0.717) is 5.92 Å². The van der Waals surface area contributed by atoms with Gasteiger partial charge in [-0.15, -0.1) is 0 Å². The number of aliphatic hydroxyl groups is 2. The standard InChI is InChI=1S/C16H31NO.C3H8O.CH5NO/c1-11(2)16(18)5-4-8-17-10-13-6-7-14-12(3)15(14)9-13;1-3-4-2;2-1-3/h11-18H,4-10H2,1-3H3;3H2,1-2H3;3H,1-2H2/t12?,13?,14-,15?,16+;;/m1../s1. The van der Waals surface area contributed by atoms with Crippen LogP contribution < -0.4 is 11.1 Å². The molecule has 25 heavy (non-hydrogen) atoms. The van der Waals surface area contributed by atoms with Gasteiger partial charge >= 0.3 is 0 Å². The SMILES string of the molecule is CC1C2CC(CNCCC[C@H](O)C(C)C)CC[C@H]12.CCOC.NCO. The molecule has 0 radical (unpaired) electrons. The molecule has 0 amide bonds. The number of hydrogen-bond acceptors (Lipinski definition) is 5. The Morgan fingerprint density at radius 2 is 1.84 bits per heavy atom. The number of methoxy groups -OCH3 is 1. The van der Waals surface area contributed by atoms with E-state index in [9.17, 15) is 5.11 Å². The van der Waals surface area contributed by atoms with Crippen LogP contribution in [-0.2, 0) is 4.74 Å². The van der Waals surface area contributed by atoms with Crippen molar-refractivity contribution in [1.82, 2.24) is 5.32 Å². The van der Waals surface area contributed by atoms with Gasteiger partial charge in [0.25, 0.3) is 0 Å². The zero-order chi connectivity index (χ0) is 19.2. The fourth-order valence-corrected chi connectivity index (χ4v) is 3.70. The van der Waals surface area contributed by atoms with Gasteiger partial charge in [-0.1, -0.05) is 20.8 Å². The van der Waals surface area contributed by atoms with Crippen LogP contribution in [0.15, 0.2) is 0 Å². The molecule has 3 unspecified atom stereocenters. The third-order valence-corrected chi connectivity index (χ3v) is 5.62. The second-order valence-electron chi connectivity index (χ2n) is 7.78. The number of ether oxygens (including phenoxy) is 1. The van der Waals surface area contributed by atoms with Crippen molar-refractivity contribution in [2.45, 2.75) is 65.9 Å². The number of fused-ring (bicyclic) bond motifs is 1. The minimum atomic E-state index is -0.250. The van der Waals surface area contributed by atoms with Crippen LogP contribution in [0.1, 0.15) is 59.8 Å². The molecule has 152 valence electrons. The molecule has 0 heterocycles. The van der Waals surface area contributed by atoms with Crippen LogP contribution in [0.3, 0.4) is 0 Å². The molecule has 0 aromatic carbocycles. The van der Waals surface area contributed by atoms with E-state index in [1.807, 2.05) is 6.92 Å². The maximum Gasteiger partial charge on any atom is 0.0906 e. The molecule has 0 aliphatic heterocycles. The van der Waals surface area contributed by atoms with E-state index in [0.717, 1.165) is 49.7 Å². The van der Waals surface area contributed by atoms with E-state index in [1.165, 1.54) is 25.8 Å². The van der Waals surface area contributed by atoms with Gasteiger partial charge in [0.15, 0.2) is 0 Å². The second-order valence-corrected chi connectivity index (χ2v) is 7.78. The summed E-state index contributed by atoms with van der Waals surface area (Å²) in [5, 5.41) is 20.7. The van der Waals surface area contributed by atoms with Crippen LogP contribution in [-0.4, -0.2) is 49.9 Å². The van der Waals surface area contributed by atoms with Gasteiger partial charge in [0.1, 0.15) is 0 Å². The maximum atomic E-state index is 9.72. The minimum Gasteiger partial charge on any atom is -0.393 e. The van der Waals surface area contributed by atoms with Gasteiger partial charge in [-0.25, -0.2) is 0 Å². The van der Waals surface area contributed by atoms with Crippen molar-refractivity contribution >= 4 is 0 Å². The lowest BCUT2D eigenvalue weighted by atomic mass is 9.89. The third-order valence-electron chi connectivity index (χ3n) is 5.62. The molecular formula is C20H44N2O3. The Balaban J connectivity index is 0.000000708. The average molecular weight is 361 g/mol. The fraction of sp³-hybridized carbons (Fsp3) is 1.00. The number of nitrogens with one attached hydrogen (secondary N) is 1. The molecule has 5 atom stereocenters. The molecular weight excluding hydrogens is 316 g/mol. The van der Waals surface area contributed by atoms with E-state index in [-0.39, 0.29) is 12.8 Å². The molecule has 0 aromatic rings. The van der Waals surface area contributed by atoms with Crippen molar-refractivity contribution in [3.05, 3.63) is 0 Å². The van der Waals surface area contributed by atoms with Gasteiger partial charge in [0.2, 0.25) is 0 Å². The van der Waals surface area contributed by atoms with Gasteiger partial charge in [0.05, 0.1) is 12.8 Å². The van der Waals surface area contributed by atoms with Crippen molar-refractivity contribution in [1.29, 1.82) is 0 Å². The Morgan fingerprint density at radius 3 is 2.32 bits per heavy atom. The predicted molar refractivity (Wildman–Crippen MR) is 105 cm³/mol. The first-order valence-corrected chi connectivity index (χ1v) is 10.1. The summed E-state index contributed by atoms with van der Waals surface area (Å²) < 4.78 is 4.54. The predicted octanol–water partition coefficient (Wildman–Crippen LogP) is 2.60. The number of hydrogen-bond donors (Lipinski definition) is 4. The van der Waals surface area contributed by atoms with Crippen LogP contribution in [0, 0.1) is 29.6 Å². The van der Waals surface area contributed by atoms with E-state index in [4.69, 9.17) is 5.11 Å². The Hall–Kier alpha value is -0.200. The van der Waals surface area contributed by atoms with Crippen molar-refractivity contribution in [3.63, 3.8) is 0 Å². The van der Waals surface area contributed by atoms with Crippen molar-refractivity contribution in [3.8, 4) is 0 Å². The molecule has 2 fully saturated rings. The van der Waals surface area contributed by atoms with E-state index >= 15 is 0 Å². The molecule has 2 saturated carbocycles. The van der Waals surface area contributed by atoms with Crippen molar-refractivity contribution in [2.24, 2.45) is 35.3 Å². The lowest BCUT2D eigenvalue weighted by Crippen LogP contribution is -2.27.